The van der Waals surface area contributed by atoms with E-state index in [4.69, 9.17) is 22.1 Å². The van der Waals surface area contributed by atoms with Gasteiger partial charge in [0, 0.05) is 24.2 Å². The van der Waals surface area contributed by atoms with Crippen LogP contribution in [-0.4, -0.2) is 36.2 Å². The van der Waals surface area contributed by atoms with Gasteiger partial charge in [-0.1, -0.05) is 29.8 Å². The number of nitrogens with zero attached hydrogens (tertiary/aromatic N) is 1. The molecule has 2 rings (SSSR count). The highest BCUT2D eigenvalue weighted by molar-refractivity contribution is 6.31. The summed E-state index contributed by atoms with van der Waals surface area (Å²) in [4.78, 5) is 2.39. The SMILES string of the molecule is CC1CN(C(c2ccccc2Cl)C(C)N)CC(C)O1. The van der Waals surface area contributed by atoms with Gasteiger partial charge >= 0.3 is 0 Å². The van der Waals surface area contributed by atoms with E-state index in [9.17, 15) is 0 Å². The van der Waals surface area contributed by atoms with Crippen molar-refractivity contribution in [3.8, 4) is 0 Å². The van der Waals surface area contributed by atoms with Gasteiger partial charge in [-0.15, -0.1) is 0 Å². The van der Waals surface area contributed by atoms with Crippen LogP contribution in [0.5, 0.6) is 0 Å². The quantitative estimate of drug-likeness (QED) is 0.926. The fourth-order valence-electron chi connectivity index (χ4n) is 2.97. The Balaban J connectivity index is 2.28. The first kappa shape index (κ1) is 14.8. The second-order valence-electron chi connectivity index (χ2n) is 5.54. The van der Waals surface area contributed by atoms with Gasteiger partial charge in [0.05, 0.1) is 18.2 Å². The van der Waals surface area contributed by atoms with E-state index in [2.05, 4.69) is 24.8 Å². The number of benzene rings is 1. The van der Waals surface area contributed by atoms with Gasteiger partial charge in [0.1, 0.15) is 0 Å². The number of hydrogen-bond acceptors (Lipinski definition) is 3. The number of halogens is 1. The van der Waals surface area contributed by atoms with Crippen molar-refractivity contribution >= 4 is 11.6 Å². The number of hydrogen-bond donors (Lipinski definition) is 1. The molecule has 19 heavy (non-hydrogen) atoms. The maximum Gasteiger partial charge on any atom is 0.0678 e. The van der Waals surface area contributed by atoms with E-state index in [0.29, 0.717) is 0 Å². The Morgan fingerprint density at radius 1 is 1.26 bits per heavy atom. The first-order valence-electron chi connectivity index (χ1n) is 6.88. The van der Waals surface area contributed by atoms with Crippen LogP contribution in [0.4, 0.5) is 0 Å². The normalized spacial score (nSPS) is 28.1. The molecular weight excluding hydrogens is 260 g/mol. The van der Waals surface area contributed by atoms with Crippen LogP contribution in [-0.2, 0) is 4.74 Å². The summed E-state index contributed by atoms with van der Waals surface area (Å²) in [6.45, 7) is 8.03. The van der Waals surface area contributed by atoms with Crippen molar-refractivity contribution in [1.82, 2.24) is 4.90 Å². The third-order valence-corrected chi connectivity index (χ3v) is 3.91. The molecule has 0 amide bonds. The van der Waals surface area contributed by atoms with Crippen molar-refractivity contribution in [2.45, 2.75) is 45.1 Å². The summed E-state index contributed by atoms with van der Waals surface area (Å²) in [7, 11) is 0. The predicted octanol–water partition coefficient (Wildman–Crippen LogP) is 2.84. The minimum Gasteiger partial charge on any atom is -0.373 e. The van der Waals surface area contributed by atoms with Crippen molar-refractivity contribution in [3.63, 3.8) is 0 Å². The van der Waals surface area contributed by atoms with Gasteiger partial charge in [0.15, 0.2) is 0 Å². The standard InChI is InChI=1S/C15H23ClN2O/c1-10-8-18(9-11(2)19-10)15(12(3)17)13-6-4-5-7-14(13)16/h4-7,10-12,15H,8-9,17H2,1-3H3. The molecule has 0 bridgehead atoms. The summed E-state index contributed by atoms with van der Waals surface area (Å²) in [5.74, 6) is 0. The van der Waals surface area contributed by atoms with Crippen molar-refractivity contribution < 1.29 is 4.74 Å². The highest BCUT2D eigenvalue weighted by atomic mass is 35.5. The van der Waals surface area contributed by atoms with Crippen LogP contribution in [0.2, 0.25) is 5.02 Å². The zero-order chi connectivity index (χ0) is 14.0. The molecule has 1 saturated heterocycles. The third kappa shape index (κ3) is 3.48. The van der Waals surface area contributed by atoms with Crippen molar-refractivity contribution in [3.05, 3.63) is 34.9 Å². The van der Waals surface area contributed by atoms with Gasteiger partial charge in [0.25, 0.3) is 0 Å². The Hall–Kier alpha value is -0.610. The summed E-state index contributed by atoms with van der Waals surface area (Å²) >= 11 is 6.34. The Morgan fingerprint density at radius 2 is 1.84 bits per heavy atom. The molecule has 1 aromatic rings. The Labute approximate surface area is 120 Å². The predicted molar refractivity (Wildman–Crippen MR) is 79.4 cm³/mol. The van der Waals surface area contributed by atoms with Gasteiger partial charge in [-0.3, -0.25) is 4.90 Å². The van der Waals surface area contributed by atoms with Gasteiger partial charge in [0.2, 0.25) is 0 Å². The van der Waals surface area contributed by atoms with Crippen LogP contribution in [0.1, 0.15) is 32.4 Å². The topological polar surface area (TPSA) is 38.5 Å². The molecule has 1 aliphatic heterocycles. The molecule has 1 aromatic carbocycles. The molecule has 4 heteroatoms. The molecule has 0 radical (unpaired) electrons. The molecule has 0 saturated carbocycles. The van der Waals surface area contributed by atoms with Crippen LogP contribution >= 0.6 is 11.6 Å². The largest absolute Gasteiger partial charge is 0.373 e. The van der Waals surface area contributed by atoms with Gasteiger partial charge in [-0.05, 0) is 32.4 Å². The number of ether oxygens (including phenoxy) is 1. The lowest BCUT2D eigenvalue weighted by molar-refractivity contribution is -0.0831. The van der Waals surface area contributed by atoms with Crippen LogP contribution in [0, 0.1) is 0 Å². The summed E-state index contributed by atoms with van der Waals surface area (Å²) in [6, 6.07) is 8.14. The minimum absolute atomic E-state index is 0.0254. The van der Waals surface area contributed by atoms with E-state index >= 15 is 0 Å². The van der Waals surface area contributed by atoms with Crippen LogP contribution in [0.25, 0.3) is 0 Å². The molecule has 1 fully saturated rings. The maximum absolute atomic E-state index is 6.34. The average molecular weight is 283 g/mol. The van der Waals surface area contributed by atoms with Crippen molar-refractivity contribution in [1.29, 1.82) is 0 Å². The molecule has 4 atom stereocenters. The molecule has 0 aromatic heterocycles. The van der Waals surface area contributed by atoms with Gasteiger partial charge < -0.3 is 10.5 Å². The number of morpholine rings is 1. The van der Waals surface area contributed by atoms with E-state index in [0.717, 1.165) is 23.7 Å². The molecule has 0 aliphatic carbocycles. The molecule has 1 aliphatic rings. The molecule has 0 spiro atoms. The van der Waals surface area contributed by atoms with E-state index in [-0.39, 0.29) is 24.3 Å². The first-order chi connectivity index (χ1) is 8.99. The van der Waals surface area contributed by atoms with Gasteiger partial charge in [-0.2, -0.15) is 0 Å². The Bertz CT molecular complexity index is 414. The second-order valence-corrected chi connectivity index (χ2v) is 5.94. The smallest absolute Gasteiger partial charge is 0.0678 e. The maximum atomic E-state index is 6.34. The summed E-state index contributed by atoms with van der Waals surface area (Å²) in [6.07, 6.45) is 0.458. The van der Waals surface area contributed by atoms with Crippen LogP contribution in [0.3, 0.4) is 0 Å². The van der Waals surface area contributed by atoms with Crippen LogP contribution < -0.4 is 5.73 Å². The molecular formula is C15H23ClN2O. The van der Waals surface area contributed by atoms with Crippen LogP contribution in [0.15, 0.2) is 24.3 Å². The van der Waals surface area contributed by atoms with Gasteiger partial charge in [-0.25, -0.2) is 0 Å². The van der Waals surface area contributed by atoms with Crippen molar-refractivity contribution in [2.24, 2.45) is 5.73 Å². The lowest BCUT2D eigenvalue weighted by atomic mass is 9.97. The van der Waals surface area contributed by atoms with E-state index in [1.54, 1.807) is 0 Å². The summed E-state index contributed by atoms with van der Waals surface area (Å²) < 4.78 is 5.80. The molecule has 1 heterocycles. The monoisotopic (exact) mass is 282 g/mol. The Morgan fingerprint density at radius 3 is 2.37 bits per heavy atom. The fraction of sp³-hybridized carbons (Fsp3) is 0.600. The molecule has 4 unspecified atom stereocenters. The first-order valence-corrected chi connectivity index (χ1v) is 7.26. The lowest BCUT2D eigenvalue weighted by Crippen LogP contribution is -2.50. The van der Waals surface area contributed by atoms with Crippen molar-refractivity contribution in [2.75, 3.05) is 13.1 Å². The molecule has 106 valence electrons. The van der Waals surface area contributed by atoms with E-state index < -0.39 is 0 Å². The zero-order valence-corrected chi connectivity index (χ0v) is 12.6. The number of rotatable bonds is 3. The average Bonchev–Trinajstić information content (AvgIpc) is 2.30. The highest BCUT2D eigenvalue weighted by Crippen LogP contribution is 2.31. The molecule has 2 N–H and O–H groups in total. The minimum atomic E-state index is 0.0254. The fourth-order valence-corrected chi connectivity index (χ4v) is 3.22. The number of nitrogens with two attached hydrogens (primary N) is 1. The van der Waals surface area contributed by atoms with E-state index in [1.807, 2.05) is 25.1 Å². The summed E-state index contributed by atoms with van der Waals surface area (Å²) in [5, 5.41) is 0.789. The molecule has 3 nitrogen and oxygen atoms in total. The second kappa shape index (κ2) is 6.23. The Kier molecular flexibility index (Phi) is 4.85. The highest BCUT2D eigenvalue weighted by Gasteiger charge is 2.31. The zero-order valence-electron chi connectivity index (χ0n) is 11.8. The third-order valence-electron chi connectivity index (χ3n) is 3.56. The van der Waals surface area contributed by atoms with E-state index in [1.165, 1.54) is 0 Å². The lowest BCUT2D eigenvalue weighted by Gasteiger charge is -2.42. The summed E-state index contributed by atoms with van der Waals surface area (Å²) in [5.41, 5.74) is 7.33.